The minimum atomic E-state index is -3.55. The van der Waals surface area contributed by atoms with E-state index >= 15 is 0 Å². The van der Waals surface area contributed by atoms with E-state index in [-0.39, 0.29) is 29.2 Å². The average molecular weight is 578 g/mol. The van der Waals surface area contributed by atoms with Gasteiger partial charge >= 0.3 is 0 Å². The number of benzene rings is 3. The molecule has 3 aromatic carbocycles. The maximum Gasteiger partial charge on any atom is 0.243 e. The Morgan fingerprint density at radius 1 is 0.927 bits per heavy atom. The molecule has 1 fully saturated rings. The van der Waals surface area contributed by atoms with Gasteiger partial charge in [-0.05, 0) is 48.1 Å². The van der Waals surface area contributed by atoms with Crippen LogP contribution in [0.25, 0.3) is 0 Å². The zero-order valence-electron chi connectivity index (χ0n) is 23.5. The number of carbonyl (C=O) groups is 2. The molecule has 2 atom stereocenters. The van der Waals surface area contributed by atoms with Crippen molar-refractivity contribution in [1.29, 1.82) is 0 Å². The molecule has 8 nitrogen and oxygen atoms in total. The van der Waals surface area contributed by atoms with Gasteiger partial charge in [-0.15, -0.1) is 0 Å². The minimum Gasteiger partial charge on any atom is -0.376 e. The number of ether oxygens (including phenoxy) is 1. The maximum absolute atomic E-state index is 13.8. The molecule has 0 spiro atoms. The summed E-state index contributed by atoms with van der Waals surface area (Å²) in [6, 6.07) is 25.2. The quantitative estimate of drug-likeness (QED) is 0.303. The summed E-state index contributed by atoms with van der Waals surface area (Å²) in [5, 5.41) is 3.05. The lowest BCUT2D eigenvalue weighted by atomic mass is 10.0. The predicted molar refractivity (Wildman–Crippen MR) is 159 cm³/mol. The molecule has 2 amide bonds. The highest BCUT2D eigenvalue weighted by Gasteiger charge is 2.31. The van der Waals surface area contributed by atoms with Crippen LogP contribution in [0.5, 0.6) is 0 Å². The molecule has 0 saturated carbocycles. The van der Waals surface area contributed by atoms with Crippen molar-refractivity contribution in [3.8, 4) is 0 Å². The zero-order valence-corrected chi connectivity index (χ0v) is 24.3. The summed E-state index contributed by atoms with van der Waals surface area (Å²) < 4.78 is 32.7. The van der Waals surface area contributed by atoms with E-state index in [1.165, 1.54) is 0 Å². The minimum absolute atomic E-state index is 0.00564. The van der Waals surface area contributed by atoms with Gasteiger partial charge in [0.05, 0.1) is 11.0 Å². The first kappa shape index (κ1) is 30.4. The first-order chi connectivity index (χ1) is 19.9. The summed E-state index contributed by atoms with van der Waals surface area (Å²) in [4.78, 5) is 29.4. The fraction of sp³-hybridized carbons (Fsp3) is 0.375. The van der Waals surface area contributed by atoms with Gasteiger partial charge in [0.2, 0.25) is 21.8 Å². The second kappa shape index (κ2) is 14.9. The lowest BCUT2D eigenvalue weighted by Gasteiger charge is -2.32. The summed E-state index contributed by atoms with van der Waals surface area (Å²) in [5.41, 5.74) is 2.74. The van der Waals surface area contributed by atoms with Crippen molar-refractivity contribution in [3.63, 3.8) is 0 Å². The second-order valence-corrected chi connectivity index (χ2v) is 12.0. The number of hydrogen-bond donors (Lipinski definition) is 2. The molecule has 0 radical (unpaired) electrons. The molecular weight excluding hydrogens is 538 g/mol. The highest BCUT2D eigenvalue weighted by molar-refractivity contribution is 7.89. The van der Waals surface area contributed by atoms with E-state index in [1.54, 1.807) is 36.1 Å². The molecule has 0 unspecified atom stereocenters. The first-order valence-electron chi connectivity index (χ1n) is 14.2. The van der Waals surface area contributed by atoms with Gasteiger partial charge in [-0.2, -0.15) is 0 Å². The molecule has 9 heteroatoms. The third-order valence-corrected chi connectivity index (χ3v) is 8.75. The Bertz CT molecular complexity index is 1360. The Balaban J connectivity index is 1.54. The number of nitrogens with one attached hydrogen (secondary N) is 2. The summed E-state index contributed by atoms with van der Waals surface area (Å²) in [7, 11) is -3.55. The van der Waals surface area contributed by atoms with E-state index in [4.69, 9.17) is 4.74 Å². The number of aryl methyl sites for hydroxylation is 1. The summed E-state index contributed by atoms with van der Waals surface area (Å²) in [6.45, 7) is 3.45. The molecule has 0 aliphatic carbocycles. The van der Waals surface area contributed by atoms with Gasteiger partial charge in [0.25, 0.3) is 0 Å². The first-order valence-corrected chi connectivity index (χ1v) is 15.7. The number of sulfonamides is 1. The topological polar surface area (TPSA) is 105 Å². The third-order valence-electron chi connectivity index (χ3n) is 7.19. The van der Waals surface area contributed by atoms with E-state index in [0.717, 1.165) is 29.5 Å². The van der Waals surface area contributed by atoms with E-state index in [0.29, 0.717) is 39.1 Å². The molecule has 0 aromatic heterocycles. The van der Waals surface area contributed by atoms with Crippen LogP contribution >= 0.6 is 0 Å². The average Bonchev–Trinajstić information content (AvgIpc) is 3.51. The van der Waals surface area contributed by atoms with Crippen molar-refractivity contribution in [1.82, 2.24) is 14.9 Å². The van der Waals surface area contributed by atoms with Gasteiger partial charge in [0.1, 0.15) is 6.04 Å². The van der Waals surface area contributed by atoms with Gasteiger partial charge < -0.3 is 15.0 Å². The Morgan fingerprint density at radius 3 is 2.20 bits per heavy atom. The fourth-order valence-electron chi connectivity index (χ4n) is 4.98. The van der Waals surface area contributed by atoms with E-state index < -0.39 is 16.1 Å². The van der Waals surface area contributed by atoms with Gasteiger partial charge in [-0.3, -0.25) is 9.59 Å². The van der Waals surface area contributed by atoms with Crippen molar-refractivity contribution < 1.29 is 22.7 Å². The molecule has 2 N–H and O–H groups in total. The Morgan fingerprint density at radius 2 is 1.59 bits per heavy atom. The van der Waals surface area contributed by atoms with Crippen LogP contribution in [-0.4, -0.2) is 57.0 Å². The molecular formula is C32H39N3O5S. The highest BCUT2D eigenvalue weighted by atomic mass is 32.2. The largest absolute Gasteiger partial charge is 0.376 e. The van der Waals surface area contributed by atoms with Crippen molar-refractivity contribution in [3.05, 3.63) is 102 Å². The summed E-state index contributed by atoms with van der Waals surface area (Å²) in [5.74, 6) is -0.349. The fourth-order valence-corrected chi connectivity index (χ4v) is 6.02. The number of hydrogen-bond acceptors (Lipinski definition) is 5. The monoisotopic (exact) mass is 577 g/mol. The number of amides is 2. The van der Waals surface area contributed by atoms with Crippen LogP contribution in [0.15, 0.2) is 89.8 Å². The van der Waals surface area contributed by atoms with Crippen LogP contribution in [0.1, 0.15) is 42.9 Å². The summed E-state index contributed by atoms with van der Waals surface area (Å²) >= 11 is 0. The van der Waals surface area contributed by atoms with Crippen LogP contribution in [0, 0.1) is 0 Å². The number of rotatable bonds is 14. The van der Waals surface area contributed by atoms with Crippen molar-refractivity contribution >= 4 is 21.8 Å². The van der Waals surface area contributed by atoms with Crippen LogP contribution in [0.2, 0.25) is 0 Å². The molecule has 1 saturated heterocycles. The second-order valence-electron chi connectivity index (χ2n) is 10.2. The SMILES string of the molecule is CCNS(=O)(=O)c1ccc(CCC(=O)N(Cc2ccccc2)[C@@H](Cc2ccccc2)C(=O)NC[C@@H]2CCCO2)cc1. The van der Waals surface area contributed by atoms with Crippen LogP contribution in [0.3, 0.4) is 0 Å². The van der Waals surface area contributed by atoms with Crippen LogP contribution < -0.4 is 10.0 Å². The molecule has 4 rings (SSSR count). The lowest BCUT2D eigenvalue weighted by Crippen LogP contribution is -2.51. The van der Waals surface area contributed by atoms with Gasteiger partial charge in [0, 0.05) is 39.1 Å². The van der Waals surface area contributed by atoms with E-state index in [9.17, 15) is 18.0 Å². The van der Waals surface area contributed by atoms with Crippen LogP contribution in [-0.2, 0) is 43.7 Å². The lowest BCUT2D eigenvalue weighted by molar-refractivity contribution is -0.141. The predicted octanol–water partition coefficient (Wildman–Crippen LogP) is 3.85. The van der Waals surface area contributed by atoms with E-state index in [1.807, 2.05) is 60.7 Å². The maximum atomic E-state index is 13.8. The van der Waals surface area contributed by atoms with Crippen molar-refractivity contribution in [2.45, 2.75) is 62.6 Å². The Kier molecular flexibility index (Phi) is 11.1. The van der Waals surface area contributed by atoms with Gasteiger partial charge in [-0.1, -0.05) is 79.7 Å². The highest BCUT2D eigenvalue weighted by Crippen LogP contribution is 2.18. The molecule has 3 aromatic rings. The Hall–Kier alpha value is -3.53. The third kappa shape index (κ3) is 8.98. The molecule has 1 heterocycles. The van der Waals surface area contributed by atoms with Gasteiger partial charge in [-0.25, -0.2) is 13.1 Å². The molecule has 1 aliphatic heterocycles. The molecule has 218 valence electrons. The normalized spacial score (nSPS) is 15.8. The number of carbonyl (C=O) groups excluding carboxylic acids is 2. The summed E-state index contributed by atoms with van der Waals surface area (Å²) in [6.07, 6.45) is 2.86. The Labute approximate surface area is 243 Å². The molecule has 0 bridgehead atoms. The number of nitrogens with zero attached hydrogens (tertiary/aromatic N) is 1. The van der Waals surface area contributed by atoms with Crippen molar-refractivity contribution in [2.75, 3.05) is 19.7 Å². The van der Waals surface area contributed by atoms with Gasteiger partial charge in [0.15, 0.2) is 0 Å². The smallest absolute Gasteiger partial charge is 0.243 e. The zero-order chi connectivity index (χ0) is 29.1. The molecule has 41 heavy (non-hydrogen) atoms. The standard InChI is InChI=1S/C32H39N3O5S/c1-2-34-41(38,39)29-18-15-25(16-19-29)17-20-31(36)35(24-27-12-7-4-8-13-27)30(22-26-10-5-3-6-11-26)32(37)33-23-28-14-9-21-40-28/h3-8,10-13,15-16,18-19,28,30,34H,2,9,14,17,20-24H2,1H3,(H,33,37)/t28-,30-/m0/s1. The molecule has 1 aliphatic rings. The van der Waals surface area contributed by atoms with Crippen LogP contribution in [0.4, 0.5) is 0 Å². The van der Waals surface area contributed by atoms with E-state index in [2.05, 4.69) is 10.0 Å². The van der Waals surface area contributed by atoms with Crippen molar-refractivity contribution in [2.24, 2.45) is 0 Å².